The Morgan fingerprint density at radius 1 is 1.36 bits per heavy atom. The van der Waals surface area contributed by atoms with E-state index >= 15 is 0 Å². The number of hydrogen-bond acceptors (Lipinski definition) is 4. The standard InChI is InChI=1S/C18H22N2O5/c1-11-6-5-7-13-12(8-14(16(22)23)19-10-21)9-20(15(11)13)17(24)25-18(2,3)4/h5-7,9-10,14H,8H2,1-4H3,(H,19,21)(H,22,23)/t14-/m0/s1. The minimum absolute atomic E-state index is 0.0593. The third-order valence-corrected chi connectivity index (χ3v) is 3.69. The van der Waals surface area contributed by atoms with Crippen molar-refractivity contribution >= 4 is 29.4 Å². The molecule has 0 unspecified atom stereocenters. The first-order valence-corrected chi connectivity index (χ1v) is 7.89. The molecule has 134 valence electrons. The number of hydrogen-bond donors (Lipinski definition) is 2. The van der Waals surface area contributed by atoms with Crippen molar-refractivity contribution in [3.8, 4) is 0 Å². The van der Waals surface area contributed by atoms with Gasteiger partial charge >= 0.3 is 12.1 Å². The maximum Gasteiger partial charge on any atom is 0.419 e. The number of amides is 1. The summed E-state index contributed by atoms with van der Waals surface area (Å²) in [6.45, 7) is 7.20. The van der Waals surface area contributed by atoms with Gasteiger partial charge in [0.25, 0.3) is 0 Å². The van der Waals surface area contributed by atoms with Crippen LogP contribution < -0.4 is 5.32 Å². The molecule has 1 aromatic heterocycles. The number of aromatic nitrogens is 1. The van der Waals surface area contributed by atoms with Gasteiger partial charge in [0.2, 0.25) is 6.41 Å². The molecule has 0 bridgehead atoms. The van der Waals surface area contributed by atoms with E-state index in [9.17, 15) is 19.5 Å². The van der Waals surface area contributed by atoms with Crippen molar-refractivity contribution in [2.45, 2.75) is 45.8 Å². The number of benzene rings is 1. The molecule has 2 aromatic rings. The first kappa shape index (κ1) is 18.5. The van der Waals surface area contributed by atoms with Gasteiger partial charge in [-0.15, -0.1) is 0 Å². The van der Waals surface area contributed by atoms with E-state index in [1.165, 1.54) is 4.57 Å². The highest BCUT2D eigenvalue weighted by Crippen LogP contribution is 2.26. The number of carboxylic acid groups (broad SMARTS) is 1. The van der Waals surface area contributed by atoms with E-state index in [-0.39, 0.29) is 6.42 Å². The van der Waals surface area contributed by atoms with Crippen molar-refractivity contribution in [3.63, 3.8) is 0 Å². The molecule has 0 spiro atoms. The summed E-state index contributed by atoms with van der Waals surface area (Å²) < 4.78 is 6.83. The van der Waals surface area contributed by atoms with Crippen LogP contribution in [0.2, 0.25) is 0 Å². The van der Waals surface area contributed by atoms with Crippen molar-refractivity contribution in [1.82, 2.24) is 9.88 Å². The number of nitrogens with zero attached hydrogens (tertiary/aromatic N) is 1. The lowest BCUT2D eigenvalue weighted by atomic mass is 10.0. The first-order valence-electron chi connectivity index (χ1n) is 7.89. The zero-order valence-corrected chi connectivity index (χ0v) is 14.7. The number of nitrogens with one attached hydrogen (secondary N) is 1. The van der Waals surface area contributed by atoms with Crippen molar-refractivity contribution in [3.05, 3.63) is 35.5 Å². The van der Waals surface area contributed by atoms with Gasteiger partial charge in [-0.3, -0.25) is 9.36 Å². The van der Waals surface area contributed by atoms with E-state index in [0.717, 1.165) is 10.9 Å². The molecule has 0 aliphatic heterocycles. The highest BCUT2D eigenvalue weighted by molar-refractivity contribution is 5.94. The second-order valence-corrected chi connectivity index (χ2v) is 6.86. The zero-order valence-electron chi connectivity index (χ0n) is 14.7. The largest absolute Gasteiger partial charge is 0.480 e. The van der Waals surface area contributed by atoms with Gasteiger partial charge in [0, 0.05) is 18.0 Å². The SMILES string of the molecule is Cc1cccc2c(C[C@H](NC=O)C(=O)O)cn(C(=O)OC(C)(C)C)c12. The highest BCUT2D eigenvalue weighted by Gasteiger charge is 2.24. The Labute approximate surface area is 145 Å². The van der Waals surface area contributed by atoms with Crippen LogP contribution in [-0.2, 0) is 20.7 Å². The molecule has 2 rings (SSSR count). The van der Waals surface area contributed by atoms with E-state index in [0.29, 0.717) is 17.5 Å². The number of carbonyl (C=O) groups is 3. The maximum atomic E-state index is 12.5. The van der Waals surface area contributed by atoms with Crippen LogP contribution in [0.25, 0.3) is 10.9 Å². The molecule has 0 saturated carbocycles. The molecule has 2 N–H and O–H groups in total. The summed E-state index contributed by atoms with van der Waals surface area (Å²) in [5, 5.41) is 12.3. The lowest BCUT2D eigenvalue weighted by molar-refractivity contribution is -0.140. The van der Waals surface area contributed by atoms with E-state index < -0.39 is 23.7 Å². The Balaban J connectivity index is 2.52. The van der Waals surface area contributed by atoms with E-state index in [4.69, 9.17) is 4.74 Å². The molecule has 1 heterocycles. The molecule has 0 fully saturated rings. The van der Waals surface area contributed by atoms with Gasteiger partial charge in [0.15, 0.2) is 0 Å². The summed E-state index contributed by atoms with van der Waals surface area (Å²) in [5.41, 5.74) is 1.53. The van der Waals surface area contributed by atoms with E-state index in [2.05, 4.69) is 5.32 Å². The monoisotopic (exact) mass is 346 g/mol. The van der Waals surface area contributed by atoms with E-state index in [1.807, 2.05) is 25.1 Å². The summed E-state index contributed by atoms with van der Waals surface area (Å²) in [4.78, 5) is 34.5. The van der Waals surface area contributed by atoms with Crippen LogP contribution in [-0.4, -0.2) is 39.8 Å². The number of aryl methyl sites for hydroxylation is 1. The fraction of sp³-hybridized carbons (Fsp3) is 0.389. The Bertz CT molecular complexity index is 817. The third-order valence-electron chi connectivity index (χ3n) is 3.69. The molecule has 0 radical (unpaired) electrons. The van der Waals surface area contributed by atoms with Crippen LogP contribution >= 0.6 is 0 Å². The molecule has 0 aliphatic carbocycles. The number of rotatable bonds is 5. The second-order valence-electron chi connectivity index (χ2n) is 6.86. The predicted octanol–water partition coefficient (Wildman–Crippen LogP) is 2.47. The smallest absolute Gasteiger partial charge is 0.419 e. The Morgan fingerprint density at radius 3 is 2.60 bits per heavy atom. The van der Waals surface area contributed by atoms with Gasteiger partial charge in [0.1, 0.15) is 11.6 Å². The molecule has 0 aliphatic rings. The molecule has 25 heavy (non-hydrogen) atoms. The topological polar surface area (TPSA) is 97.6 Å². The van der Waals surface area contributed by atoms with Crippen LogP contribution in [0.3, 0.4) is 0 Å². The van der Waals surface area contributed by atoms with Crippen molar-refractivity contribution in [1.29, 1.82) is 0 Å². The van der Waals surface area contributed by atoms with Crippen LogP contribution in [0.15, 0.2) is 24.4 Å². The van der Waals surface area contributed by atoms with Gasteiger partial charge < -0.3 is 15.2 Å². The third kappa shape index (κ3) is 4.17. The normalized spacial score (nSPS) is 12.6. The van der Waals surface area contributed by atoms with Crippen LogP contribution in [0.4, 0.5) is 4.79 Å². The minimum Gasteiger partial charge on any atom is -0.480 e. The molecule has 1 aromatic carbocycles. The second kappa shape index (κ2) is 6.96. The maximum absolute atomic E-state index is 12.5. The molecular weight excluding hydrogens is 324 g/mol. The molecule has 1 amide bonds. The number of aliphatic carboxylic acids is 1. The van der Waals surface area contributed by atoms with E-state index in [1.54, 1.807) is 27.0 Å². The molecule has 7 nitrogen and oxygen atoms in total. The fourth-order valence-corrected chi connectivity index (χ4v) is 2.67. The number of fused-ring (bicyclic) bond motifs is 1. The minimum atomic E-state index is -1.14. The summed E-state index contributed by atoms with van der Waals surface area (Å²) in [5.74, 6) is -1.14. The molecular formula is C18H22N2O5. The Morgan fingerprint density at radius 2 is 2.04 bits per heavy atom. The molecule has 0 saturated heterocycles. The van der Waals surface area contributed by atoms with Crippen LogP contribution in [0.1, 0.15) is 31.9 Å². The van der Waals surface area contributed by atoms with Crippen molar-refractivity contribution in [2.75, 3.05) is 0 Å². The zero-order chi connectivity index (χ0) is 18.8. The summed E-state index contributed by atoms with van der Waals surface area (Å²) in [6, 6.07) is 4.45. The molecule has 1 atom stereocenters. The van der Waals surface area contributed by atoms with Gasteiger partial charge in [-0.1, -0.05) is 18.2 Å². The van der Waals surface area contributed by atoms with Crippen LogP contribution in [0, 0.1) is 6.92 Å². The average Bonchev–Trinajstić information content (AvgIpc) is 2.85. The van der Waals surface area contributed by atoms with Gasteiger partial charge in [0.05, 0.1) is 5.52 Å². The quantitative estimate of drug-likeness (QED) is 0.811. The lowest BCUT2D eigenvalue weighted by Gasteiger charge is -2.20. The summed E-state index contributed by atoms with van der Waals surface area (Å²) >= 11 is 0. The number of para-hydroxylation sites is 1. The van der Waals surface area contributed by atoms with Crippen molar-refractivity contribution in [2.24, 2.45) is 0 Å². The summed E-state index contributed by atoms with van der Waals surface area (Å²) in [7, 11) is 0. The van der Waals surface area contributed by atoms with Gasteiger partial charge in [-0.2, -0.15) is 0 Å². The molecule has 7 heteroatoms. The average molecular weight is 346 g/mol. The van der Waals surface area contributed by atoms with Gasteiger partial charge in [-0.05, 0) is 38.8 Å². The Hall–Kier alpha value is -2.83. The van der Waals surface area contributed by atoms with Gasteiger partial charge in [-0.25, -0.2) is 9.59 Å². The number of carbonyl (C=O) groups excluding carboxylic acids is 2. The predicted molar refractivity (Wildman–Crippen MR) is 92.6 cm³/mol. The fourth-order valence-electron chi connectivity index (χ4n) is 2.67. The first-order chi connectivity index (χ1) is 11.6. The number of carboxylic acids is 1. The Kier molecular flexibility index (Phi) is 5.15. The lowest BCUT2D eigenvalue weighted by Crippen LogP contribution is -2.37. The summed E-state index contributed by atoms with van der Waals surface area (Å²) in [6.07, 6.45) is 1.46. The highest BCUT2D eigenvalue weighted by atomic mass is 16.6. The number of ether oxygens (including phenoxy) is 1. The van der Waals surface area contributed by atoms with Crippen LogP contribution in [0.5, 0.6) is 0 Å². The van der Waals surface area contributed by atoms with Crippen molar-refractivity contribution < 1.29 is 24.2 Å².